The number of nitrogens with zero attached hydrogens (tertiary/aromatic N) is 1. The van der Waals surface area contributed by atoms with Gasteiger partial charge < -0.3 is 15.4 Å². The van der Waals surface area contributed by atoms with E-state index in [-0.39, 0.29) is 11.9 Å². The van der Waals surface area contributed by atoms with E-state index in [0.717, 1.165) is 5.56 Å². The Kier molecular flexibility index (Phi) is 5.00. The number of ether oxygens (including phenoxy) is 1. The van der Waals surface area contributed by atoms with Gasteiger partial charge in [-0.3, -0.25) is 0 Å². The first kappa shape index (κ1) is 15.1. The van der Waals surface area contributed by atoms with Crippen LogP contribution in [0, 0.1) is 13.8 Å². The number of hydrogen-bond acceptors (Lipinski definition) is 3. The molecule has 0 fully saturated rings. The fourth-order valence-electron chi connectivity index (χ4n) is 1.63. The van der Waals surface area contributed by atoms with Crippen LogP contribution in [0.25, 0.3) is 0 Å². The standard InChI is InChI=1S/C15H16ClN3O2/c1-10-5-6-12(8-11(10)2)21-9-18-15(20)19-13-4-3-7-17-14(13)16/h3-8H,9H2,1-2H3,(H2,18,19,20). The molecular formula is C15H16ClN3O2. The number of halogens is 1. The molecule has 110 valence electrons. The second-order valence-electron chi connectivity index (χ2n) is 4.51. The molecule has 2 N–H and O–H groups in total. The van der Waals surface area contributed by atoms with Crippen molar-refractivity contribution in [3.63, 3.8) is 0 Å². The largest absolute Gasteiger partial charge is 0.473 e. The average Bonchev–Trinajstić information content (AvgIpc) is 2.45. The zero-order valence-corrected chi connectivity index (χ0v) is 12.6. The number of aromatic nitrogens is 1. The van der Waals surface area contributed by atoms with Gasteiger partial charge in [0.05, 0.1) is 5.69 Å². The van der Waals surface area contributed by atoms with Gasteiger partial charge in [0.15, 0.2) is 11.9 Å². The molecule has 6 heteroatoms. The Labute approximate surface area is 128 Å². The molecule has 0 spiro atoms. The molecule has 2 amide bonds. The summed E-state index contributed by atoms with van der Waals surface area (Å²) < 4.78 is 5.46. The highest BCUT2D eigenvalue weighted by molar-refractivity contribution is 6.32. The third-order valence-electron chi connectivity index (χ3n) is 2.96. The van der Waals surface area contributed by atoms with E-state index in [0.29, 0.717) is 11.4 Å². The van der Waals surface area contributed by atoms with Crippen LogP contribution in [-0.4, -0.2) is 17.7 Å². The first-order valence-corrected chi connectivity index (χ1v) is 6.79. The van der Waals surface area contributed by atoms with E-state index in [1.165, 1.54) is 5.56 Å². The summed E-state index contributed by atoms with van der Waals surface area (Å²) in [6.07, 6.45) is 1.55. The highest BCUT2D eigenvalue weighted by atomic mass is 35.5. The van der Waals surface area contributed by atoms with Gasteiger partial charge in [-0.15, -0.1) is 0 Å². The van der Waals surface area contributed by atoms with E-state index in [4.69, 9.17) is 16.3 Å². The summed E-state index contributed by atoms with van der Waals surface area (Å²) in [5, 5.41) is 5.41. The van der Waals surface area contributed by atoms with Gasteiger partial charge in [0.1, 0.15) is 5.75 Å². The molecule has 0 saturated heterocycles. The predicted molar refractivity (Wildman–Crippen MR) is 82.8 cm³/mol. The van der Waals surface area contributed by atoms with Gasteiger partial charge in [-0.1, -0.05) is 17.7 Å². The maximum atomic E-state index is 11.7. The van der Waals surface area contributed by atoms with Gasteiger partial charge in [0.2, 0.25) is 0 Å². The van der Waals surface area contributed by atoms with Crippen LogP contribution in [0.3, 0.4) is 0 Å². The van der Waals surface area contributed by atoms with Crippen LogP contribution in [0.4, 0.5) is 10.5 Å². The Morgan fingerprint density at radius 2 is 2.10 bits per heavy atom. The molecule has 1 heterocycles. The summed E-state index contributed by atoms with van der Waals surface area (Å²) in [7, 11) is 0. The van der Waals surface area contributed by atoms with Gasteiger partial charge in [-0.2, -0.15) is 0 Å². The predicted octanol–water partition coefficient (Wildman–Crippen LogP) is 3.51. The number of amides is 2. The number of carbonyl (C=O) groups excluding carboxylic acids is 1. The molecule has 0 aliphatic heterocycles. The highest BCUT2D eigenvalue weighted by Crippen LogP contribution is 2.17. The molecule has 0 unspecified atom stereocenters. The van der Waals surface area contributed by atoms with E-state index >= 15 is 0 Å². The second-order valence-corrected chi connectivity index (χ2v) is 4.87. The zero-order chi connectivity index (χ0) is 15.2. The summed E-state index contributed by atoms with van der Waals surface area (Å²) in [4.78, 5) is 15.6. The van der Waals surface area contributed by atoms with Gasteiger partial charge >= 0.3 is 6.03 Å². The number of pyridine rings is 1. The van der Waals surface area contributed by atoms with E-state index in [2.05, 4.69) is 15.6 Å². The maximum absolute atomic E-state index is 11.7. The summed E-state index contributed by atoms with van der Waals surface area (Å²) in [5.41, 5.74) is 2.78. The van der Waals surface area contributed by atoms with E-state index in [9.17, 15) is 4.79 Å². The number of hydrogen-bond donors (Lipinski definition) is 2. The SMILES string of the molecule is Cc1ccc(OCNC(=O)Nc2cccnc2Cl)cc1C. The highest BCUT2D eigenvalue weighted by Gasteiger charge is 2.05. The molecule has 5 nitrogen and oxygen atoms in total. The van der Waals surface area contributed by atoms with Gasteiger partial charge in [-0.25, -0.2) is 9.78 Å². The van der Waals surface area contributed by atoms with Crippen LogP contribution in [0.5, 0.6) is 5.75 Å². The lowest BCUT2D eigenvalue weighted by atomic mass is 10.1. The number of rotatable bonds is 4. The van der Waals surface area contributed by atoms with Crippen LogP contribution in [-0.2, 0) is 0 Å². The Balaban J connectivity index is 1.82. The molecule has 1 aromatic heterocycles. The fourth-order valence-corrected chi connectivity index (χ4v) is 1.80. The van der Waals surface area contributed by atoms with Crippen molar-refractivity contribution in [2.45, 2.75) is 13.8 Å². The second kappa shape index (κ2) is 6.95. The van der Waals surface area contributed by atoms with Crippen molar-refractivity contribution >= 4 is 23.3 Å². The quantitative estimate of drug-likeness (QED) is 0.671. The van der Waals surface area contributed by atoms with Crippen molar-refractivity contribution in [3.05, 3.63) is 52.8 Å². The number of benzene rings is 1. The molecule has 0 radical (unpaired) electrons. The molecule has 21 heavy (non-hydrogen) atoms. The lowest BCUT2D eigenvalue weighted by Gasteiger charge is -2.10. The first-order chi connectivity index (χ1) is 10.1. The third-order valence-corrected chi connectivity index (χ3v) is 3.26. The Bertz CT molecular complexity index is 647. The minimum absolute atomic E-state index is 0.0617. The van der Waals surface area contributed by atoms with E-state index in [1.54, 1.807) is 18.3 Å². The van der Waals surface area contributed by atoms with Crippen molar-refractivity contribution in [1.29, 1.82) is 0 Å². The minimum Gasteiger partial charge on any atom is -0.473 e. The smallest absolute Gasteiger partial charge is 0.321 e. The summed E-state index contributed by atoms with van der Waals surface area (Å²) in [6, 6.07) is 8.70. The number of nitrogens with one attached hydrogen (secondary N) is 2. The summed E-state index contributed by atoms with van der Waals surface area (Å²) in [6.45, 7) is 4.10. The number of urea groups is 1. The average molecular weight is 306 g/mol. The first-order valence-electron chi connectivity index (χ1n) is 6.41. The minimum atomic E-state index is -0.409. The molecule has 0 bridgehead atoms. The molecule has 2 rings (SSSR count). The summed E-state index contributed by atoms with van der Waals surface area (Å²) in [5.74, 6) is 0.706. The van der Waals surface area contributed by atoms with Crippen LogP contribution in [0.1, 0.15) is 11.1 Å². The van der Waals surface area contributed by atoms with Crippen molar-refractivity contribution in [2.24, 2.45) is 0 Å². The molecule has 1 aromatic carbocycles. The van der Waals surface area contributed by atoms with Crippen molar-refractivity contribution in [3.8, 4) is 5.75 Å². The van der Waals surface area contributed by atoms with Gasteiger partial charge in [0.25, 0.3) is 0 Å². The molecular weight excluding hydrogens is 290 g/mol. The fraction of sp³-hybridized carbons (Fsp3) is 0.200. The molecule has 0 atom stereocenters. The van der Waals surface area contributed by atoms with Crippen LogP contribution < -0.4 is 15.4 Å². The Morgan fingerprint density at radius 3 is 2.81 bits per heavy atom. The number of aryl methyl sites for hydroxylation is 2. The lowest BCUT2D eigenvalue weighted by Crippen LogP contribution is -2.32. The normalized spacial score (nSPS) is 10.0. The van der Waals surface area contributed by atoms with E-state index in [1.807, 2.05) is 32.0 Å². The van der Waals surface area contributed by atoms with Crippen molar-refractivity contribution < 1.29 is 9.53 Å². The molecule has 0 aliphatic rings. The third kappa shape index (κ3) is 4.36. The topological polar surface area (TPSA) is 63.2 Å². The number of carbonyl (C=O) groups is 1. The molecule has 0 aliphatic carbocycles. The van der Waals surface area contributed by atoms with Crippen LogP contribution in [0.2, 0.25) is 5.15 Å². The summed E-state index contributed by atoms with van der Waals surface area (Å²) >= 11 is 5.85. The lowest BCUT2D eigenvalue weighted by molar-refractivity contribution is 0.234. The van der Waals surface area contributed by atoms with Gasteiger partial charge in [0, 0.05) is 6.20 Å². The van der Waals surface area contributed by atoms with Crippen molar-refractivity contribution in [2.75, 3.05) is 12.0 Å². The monoisotopic (exact) mass is 305 g/mol. The van der Waals surface area contributed by atoms with Crippen LogP contribution >= 0.6 is 11.6 Å². The Hall–Kier alpha value is -2.27. The van der Waals surface area contributed by atoms with Crippen LogP contribution in [0.15, 0.2) is 36.5 Å². The Morgan fingerprint density at radius 1 is 1.29 bits per heavy atom. The maximum Gasteiger partial charge on any atom is 0.321 e. The number of anilines is 1. The molecule has 0 saturated carbocycles. The van der Waals surface area contributed by atoms with Gasteiger partial charge in [-0.05, 0) is 49.2 Å². The molecule has 2 aromatic rings. The zero-order valence-electron chi connectivity index (χ0n) is 11.8. The van der Waals surface area contributed by atoms with E-state index < -0.39 is 6.03 Å². The van der Waals surface area contributed by atoms with Crippen molar-refractivity contribution in [1.82, 2.24) is 10.3 Å².